The largest absolute Gasteiger partial charge is 0.573 e. The molecule has 0 unspecified atom stereocenters. The summed E-state index contributed by atoms with van der Waals surface area (Å²) in [5.41, 5.74) is 6.03. The van der Waals surface area contributed by atoms with E-state index in [4.69, 9.17) is 5.73 Å². The van der Waals surface area contributed by atoms with Crippen LogP contribution < -0.4 is 10.5 Å². The summed E-state index contributed by atoms with van der Waals surface area (Å²) in [4.78, 5) is 0.291. The van der Waals surface area contributed by atoms with E-state index in [2.05, 4.69) is 17.0 Å². The smallest absolute Gasteiger partial charge is 0.406 e. The standard InChI is InChI=1S/C9H8F3NOS/c10-9(11,12)14-7-3-1-6(2-4-7)5-8(13)15/h1-4H,5H2,(H2,13,15). The third-order valence-corrected chi connectivity index (χ3v) is 1.68. The van der Waals surface area contributed by atoms with Gasteiger partial charge >= 0.3 is 6.36 Å². The molecule has 0 aliphatic carbocycles. The fourth-order valence-electron chi connectivity index (χ4n) is 1.01. The third-order valence-electron chi connectivity index (χ3n) is 1.54. The minimum absolute atomic E-state index is 0.255. The Bertz CT molecular complexity index is 347. The van der Waals surface area contributed by atoms with Crippen LogP contribution in [-0.4, -0.2) is 11.4 Å². The van der Waals surface area contributed by atoms with Crippen LogP contribution >= 0.6 is 12.2 Å². The molecule has 0 fully saturated rings. The molecule has 0 aromatic heterocycles. The summed E-state index contributed by atoms with van der Waals surface area (Å²) in [6.45, 7) is 0. The molecule has 0 aliphatic rings. The SMILES string of the molecule is NC(=S)Cc1ccc(OC(F)(F)F)cc1. The van der Waals surface area contributed by atoms with Gasteiger partial charge in [0, 0.05) is 6.42 Å². The molecule has 0 atom stereocenters. The van der Waals surface area contributed by atoms with Crippen molar-refractivity contribution in [2.45, 2.75) is 12.8 Å². The molecule has 0 aliphatic heterocycles. The molecule has 0 radical (unpaired) electrons. The third kappa shape index (κ3) is 4.64. The van der Waals surface area contributed by atoms with E-state index in [0.717, 1.165) is 5.56 Å². The summed E-state index contributed by atoms with van der Waals surface area (Å²) >= 11 is 4.66. The Balaban J connectivity index is 2.68. The van der Waals surface area contributed by atoms with Crippen molar-refractivity contribution in [3.63, 3.8) is 0 Å². The van der Waals surface area contributed by atoms with Gasteiger partial charge in [-0.2, -0.15) is 0 Å². The highest BCUT2D eigenvalue weighted by Crippen LogP contribution is 2.22. The van der Waals surface area contributed by atoms with Crippen molar-refractivity contribution in [1.29, 1.82) is 0 Å². The van der Waals surface area contributed by atoms with Gasteiger partial charge in [-0.25, -0.2) is 0 Å². The maximum absolute atomic E-state index is 11.8. The van der Waals surface area contributed by atoms with Gasteiger partial charge in [0.2, 0.25) is 0 Å². The molecular weight excluding hydrogens is 227 g/mol. The lowest BCUT2D eigenvalue weighted by atomic mass is 10.1. The molecule has 0 heterocycles. The number of thiocarbonyl (C=S) groups is 1. The van der Waals surface area contributed by atoms with E-state index in [0.29, 0.717) is 11.4 Å². The second kappa shape index (κ2) is 4.48. The van der Waals surface area contributed by atoms with Gasteiger partial charge in [-0.05, 0) is 17.7 Å². The summed E-state index contributed by atoms with van der Waals surface area (Å²) in [5, 5.41) is 0. The fraction of sp³-hybridized carbons (Fsp3) is 0.222. The number of alkyl halides is 3. The van der Waals surface area contributed by atoms with Gasteiger partial charge in [-0.3, -0.25) is 0 Å². The maximum atomic E-state index is 11.8. The number of ether oxygens (including phenoxy) is 1. The first-order valence-electron chi connectivity index (χ1n) is 4.00. The van der Waals surface area contributed by atoms with Crippen LogP contribution in [0.5, 0.6) is 5.75 Å². The van der Waals surface area contributed by atoms with E-state index in [-0.39, 0.29) is 5.75 Å². The Morgan fingerprint density at radius 1 is 1.27 bits per heavy atom. The van der Waals surface area contributed by atoms with E-state index in [1.165, 1.54) is 24.3 Å². The quantitative estimate of drug-likeness (QED) is 0.817. The zero-order valence-corrected chi connectivity index (χ0v) is 8.36. The van der Waals surface area contributed by atoms with Crippen molar-refractivity contribution in [2.75, 3.05) is 0 Å². The Kier molecular flexibility index (Phi) is 3.52. The summed E-state index contributed by atoms with van der Waals surface area (Å²) in [5.74, 6) is -0.255. The van der Waals surface area contributed by atoms with Gasteiger partial charge in [0.05, 0.1) is 4.99 Å². The molecule has 0 amide bonds. The molecule has 1 aromatic rings. The van der Waals surface area contributed by atoms with Crippen LogP contribution in [0, 0.1) is 0 Å². The van der Waals surface area contributed by atoms with Crippen molar-refractivity contribution in [3.8, 4) is 5.75 Å². The van der Waals surface area contributed by atoms with E-state index < -0.39 is 6.36 Å². The molecule has 15 heavy (non-hydrogen) atoms. The molecule has 1 rings (SSSR count). The van der Waals surface area contributed by atoms with Crippen LogP contribution in [0.15, 0.2) is 24.3 Å². The highest BCUT2D eigenvalue weighted by atomic mass is 32.1. The minimum Gasteiger partial charge on any atom is -0.406 e. The maximum Gasteiger partial charge on any atom is 0.573 e. The van der Waals surface area contributed by atoms with Crippen LogP contribution in [-0.2, 0) is 6.42 Å². The summed E-state index contributed by atoms with van der Waals surface area (Å²) < 4.78 is 39.1. The van der Waals surface area contributed by atoms with Crippen molar-refractivity contribution >= 4 is 17.2 Å². The molecule has 0 saturated heterocycles. The Morgan fingerprint density at radius 3 is 2.20 bits per heavy atom. The Labute approximate surface area is 89.8 Å². The number of hydrogen-bond acceptors (Lipinski definition) is 2. The van der Waals surface area contributed by atoms with E-state index in [1.54, 1.807) is 0 Å². The van der Waals surface area contributed by atoms with Gasteiger partial charge < -0.3 is 10.5 Å². The zero-order valence-electron chi connectivity index (χ0n) is 7.54. The zero-order chi connectivity index (χ0) is 11.5. The Hall–Kier alpha value is -1.30. The molecule has 0 bridgehead atoms. The van der Waals surface area contributed by atoms with Crippen LogP contribution in [0.25, 0.3) is 0 Å². The average Bonchev–Trinajstić information content (AvgIpc) is 2.05. The monoisotopic (exact) mass is 235 g/mol. The van der Waals surface area contributed by atoms with E-state index in [9.17, 15) is 13.2 Å². The van der Waals surface area contributed by atoms with Gasteiger partial charge in [-0.15, -0.1) is 13.2 Å². The van der Waals surface area contributed by atoms with Crippen molar-refractivity contribution in [1.82, 2.24) is 0 Å². The first-order chi connectivity index (χ1) is 6.87. The molecule has 0 saturated carbocycles. The van der Waals surface area contributed by atoms with Crippen molar-refractivity contribution < 1.29 is 17.9 Å². The lowest BCUT2D eigenvalue weighted by Crippen LogP contribution is -2.17. The molecule has 1 aromatic carbocycles. The van der Waals surface area contributed by atoms with Gasteiger partial charge in [0.25, 0.3) is 0 Å². The molecule has 0 spiro atoms. The number of hydrogen-bond donors (Lipinski definition) is 1. The van der Waals surface area contributed by atoms with Crippen LogP contribution in [0.2, 0.25) is 0 Å². The van der Waals surface area contributed by atoms with Gasteiger partial charge in [-0.1, -0.05) is 24.4 Å². The second-order valence-electron chi connectivity index (χ2n) is 2.83. The summed E-state index contributed by atoms with van der Waals surface area (Å²) in [6, 6.07) is 5.42. The van der Waals surface area contributed by atoms with E-state index >= 15 is 0 Å². The molecular formula is C9H8F3NOS. The number of halogens is 3. The van der Waals surface area contributed by atoms with Gasteiger partial charge in [0.1, 0.15) is 5.75 Å². The lowest BCUT2D eigenvalue weighted by molar-refractivity contribution is -0.274. The normalized spacial score (nSPS) is 11.1. The van der Waals surface area contributed by atoms with E-state index in [1.807, 2.05) is 0 Å². The molecule has 2 nitrogen and oxygen atoms in total. The number of benzene rings is 1. The topological polar surface area (TPSA) is 35.2 Å². The summed E-state index contributed by atoms with van der Waals surface area (Å²) in [6.07, 6.45) is -4.30. The lowest BCUT2D eigenvalue weighted by Gasteiger charge is -2.08. The van der Waals surface area contributed by atoms with Crippen LogP contribution in [0.1, 0.15) is 5.56 Å². The number of nitrogens with two attached hydrogens (primary N) is 1. The predicted molar refractivity (Wildman–Crippen MR) is 53.6 cm³/mol. The molecule has 6 heteroatoms. The number of rotatable bonds is 3. The first-order valence-corrected chi connectivity index (χ1v) is 4.40. The highest BCUT2D eigenvalue weighted by Gasteiger charge is 2.30. The van der Waals surface area contributed by atoms with Gasteiger partial charge in [0.15, 0.2) is 0 Å². The van der Waals surface area contributed by atoms with Crippen LogP contribution in [0.4, 0.5) is 13.2 Å². The average molecular weight is 235 g/mol. The first kappa shape index (κ1) is 11.8. The van der Waals surface area contributed by atoms with Crippen molar-refractivity contribution in [3.05, 3.63) is 29.8 Å². The fourth-order valence-corrected chi connectivity index (χ4v) is 1.18. The second-order valence-corrected chi connectivity index (χ2v) is 3.36. The summed E-state index contributed by atoms with van der Waals surface area (Å²) in [7, 11) is 0. The predicted octanol–water partition coefficient (Wildman–Crippen LogP) is 2.41. The molecule has 2 N–H and O–H groups in total. The highest BCUT2D eigenvalue weighted by molar-refractivity contribution is 7.80. The Morgan fingerprint density at radius 2 is 1.80 bits per heavy atom. The minimum atomic E-state index is -4.66. The van der Waals surface area contributed by atoms with Crippen LogP contribution in [0.3, 0.4) is 0 Å². The molecule has 82 valence electrons. The van der Waals surface area contributed by atoms with Crippen molar-refractivity contribution in [2.24, 2.45) is 5.73 Å².